The Morgan fingerprint density at radius 1 is 1.75 bits per heavy atom. The van der Waals surface area contributed by atoms with Gasteiger partial charge in [0, 0.05) is 17.8 Å². The summed E-state index contributed by atoms with van der Waals surface area (Å²) in [7, 11) is 0. The van der Waals surface area contributed by atoms with Crippen molar-refractivity contribution in [3.8, 4) is 12.3 Å². The Morgan fingerprint density at radius 3 is 3.08 bits per heavy atom. The lowest BCUT2D eigenvalue weighted by Gasteiger charge is -2.07. The van der Waals surface area contributed by atoms with Gasteiger partial charge in [-0.1, -0.05) is 12.8 Å². The fraction of sp³-hybridized carbons (Fsp3) is 0.300. The molecule has 0 aromatic carbocycles. The zero-order valence-electron chi connectivity index (χ0n) is 7.12. The van der Waals surface area contributed by atoms with Crippen molar-refractivity contribution >= 4 is 0 Å². The van der Waals surface area contributed by atoms with Crippen LogP contribution in [0.5, 0.6) is 0 Å². The van der Waals surface area contributed by atoms with Crippen molar-refractivity contribution < 1.29 is 0 Å². The molecular weight excluding hydrogens is 148 g/mol. The summed E-state index contributed by atoms with van der Waals surface area (Å²) in [6, 6.07) is 3.65. The minimum atomic E-state index is -0.00157. The van der Waals surface area contributed by atoms with Crippen LogP contribution in [0.3, 0.4) is 0 Å². The molecule has 0 bridgehead atoms. The molecule has 0 spiro atoms. The van der Waals surface area contributed by atoms with E-state index in [-0.39, 0.29) is 6.04 Å². The number of nitrogens with two attached hydrogens (primary N) is 1. The van der Waals surface area contributed by atoms with E-state index in [1.165, 1.54) is 0 Å². The van der Waals surface area contributed by atoms with Gasteiger partial charge in [0.15, 0.2) is 0 Å². The SMILES string of the molecule is C#Cc1ccnc([C@@H](N)CC)c1. The van der Waals surface area contributed by atoms with Crippen LogP contribution in [-0.2, 0) is 0 Å². The minimum Gasteiger partial charge on any atom is -0.323 e. The Morgan fingerprint density at radius 2 is 2.50 bits per heavy atom. The van der Waals surface area contributed by atoms with Gasteiger partial charge in [0.1, 0.15) is 0 Å². The van der Waals surface area contributed by atoms with Crippen LogP contribution in [0.25, 0.3) is 0 Å². The molecule has 0 fully saturated rings. The van der Waals surface area contributed by atoms with Crippen molar-refractivity contribution in [2.24, 2.45) is 5.73 Å². The highest BCUT2D eigenvalue weighted by atomic mass is 14.8. The van der Waals surface area contributed by atoms with Crippen molar-refractivity contribution in [2.45, 2.75) is 19.4 Å². The number of nitrogens with zero attached hydrogens (tertiary/aromatic N) is 1. The predicted molar refractivity (Wildman–Crippen MR) is 49.4 cm³/mol. The molecule has 0 aliphatic rings. The van der Waals surface area contributed by atoms with E-state index in [2.05, 4.69) is 10.9 Å². The third-order valence-electron chi connectivity index (χ3n) is 1.77. The molecule has 2 heteroatoms. The number of aromatic nitrogens is 1. The van der Waals surface area contributed by atoms with Crippen molar-refractivity contribution in [1.82, 2.24) is 4.98 Å². The van der Waals surface area contributed by atoms with Crippen LogP contribution in [0.2, 0.25) is 0 Å². The lowest BCUT2D eigenvalue weighted by atomic mass is 10.1. The highest BCUT2D eigenvalue weighted by Gasteiger charge is 2.03. The summed E-state index contributed by atoms with van der Waals surface area (Å²) in [6.45, 7) is 2.02. The first-order valence-electron chi connectivity index (χ1n) is 3.96. The zero-order valence-corrected chi connectivity index (χ0v) is 7.12. The van der Waals surface area contributed by atoms with E-state index in [0.29, 0.717) is 0 Å². The Balaban J connectivity index is 2.95. The average Bonchev–Trinajstić information content (AvgIpc) is 2.17. The monoisotopic (exact) mass is 160 g/mol. The second-order valence-electron chi connectivity index (χ2n) is 2.63. The highest BCUT2D eigenvalue weighted by molar-refractivity contribution is 5.32. The van der Waals surface area contributed by atoms with Crippen molar-refractivity contribution in [3.05, 3.63) is 29.6 Å². The first kappa shape index (κ1) is 8.76. The summed E-state index contributed by atoms with van der Waals surface area (Å²) in [5.41, 5.74) is 7.49. The zero-order chi connectivity index (χ0) is 8.97. The molecule has 0 saturated carbocycles. The molecule has 1 heterocycles. The van der Waals surface area contributed by atoms with Gasteiger partial charge >= 0.3 is 0 Å². The van der Waals surface area contributed by atoms with Gasteiger partial charge < -0.3 is 5.73 Å². The van der Waals surface area contributed by atoms with Gasteiger partial charge in [0.25, 0.3) is 0 Å². The van der Waals surface area contributed by atoms with E-state index in [0.717, 1.165) is 17.7 Å². The van der Waals surface area contributed by atoms with Crippen LogP contribution in [0.4, 0.5) is 0 Å². The van der Waals surface area contributed by atoms with Crippen molar-refractivity contribution in [1.29, 1.82) is 0 Å². The van der Waals surface area contributed by atoms with E-state index in [4.69, 9.17) is 12.2 Å². The molecule has 0 aliphatic heterocycles. The van der Waals surface area contributed by atoms with Crippen LogP contribution in [-0.4, -0.2) is 4.98 Å². The van der Waals surface area contributed by atoms with Gasteiger partial charge in [0.2, 0.25) is 0 Å². The number of pyridine rings is 1. The van der Waals surface area contributed by atoms with Crippen LogP contribution in [0, 0.1) is 12.3 Å². The molecule has 1 aromatic rings. The molecule has 1 aromatic heterocycles. The molecule has 0 saturated heterocycles. The quantitative estimate of drug-likeness (QED) is 0.665. The smallest absolute Gasteiger partial charge is 0.0583 e. The van der Waals surface area contributed by atoms with Crippen LogP contribution >= 0.6 is 0 Å². The molecular formula is C10H12N2. The Kier molecular flexibility index (Phi) is 2.84. The summed E-state index contributed by atoms with van der Waals surface area (Å²) in [5, 5.41) is 0. The Hall–Kier alpha value is -1.33. The largest absolute Gasteiger partial charge is 0.323 e. The molecule has 1 rings (SSSR count). The van der Waals surface area contributed by atoms with Crippen LogP contribution < -0.4 is 5.73 Å². The highest BCUT2D eigenvalue weighted by Crippen LogP contribution is 2.11. The second-order valence-corrected chi connectivity index (χ2v) is 2.63. The standard InChI is InChI=1S/C10H12N2/c1-3-8-5-6-12-10(7-8)9(11)4-2/h1,5-7,9H,4,11H2,2H3/t9-/m0/s1. The number of terminal acetylenes is 1. The average molecular weight is 160 g/mol. The molecule has 0 aliphatic carbocycles. The first-order chi connectivity index (χ1) is 5.77. The van der Waals surface area contributed by atoms with E-state index in [1.54, 1.807) is 12.3 Å². The van der Waals surface area contributed by atoms with E-state index < -0.39 is 0 Å². The van der Waals surface area contributed by atoms with Gasteiger partial charge in [0.05, 0.1) is 5.69 Å². The van der Waals surface area contributed by atoms with Crippen LogP contribution in [0.15, 0.2) is 18.3 Å². The molecule has 0 amide bonds. The molecule has 2 nitrogen and oxygen atoms in total. The molecule has 0 radical (unpaired) electrons. The van der Waals surface area contributed by atoms with E-state index in [9.17, 15) is 0 Å². The first-order valence-corrected chi connectivity index (χ1v) is 3.96. The second kappa shape index (κ2) is 3.89. The summed E-state index contributed by atoms with van der Waals surface area (Å²) in [6.07, 6.45) is 7.81. The normalized spacial score (nSPS) is 12.1. The van der Waals surface area contributed by atoms with Crippen LogP contribution in [0.1, 0.15) is 30.6 Å². The molecule has 12 heavy (non-hydrogen) atoms. The summed E-state index contributed by atoms with van der Waals surface area (Å²) in [4.78, 5) is 4.14. The van der Waals surface area contributed by atoms with E-state index >= 15 is 0 Å². The minimum absolute atomic E-state index is 0.00157. The van der Waals surface area contributed by atoms with Gasteiger partial charge in [-0.05, 0) is 18.6 Å². The third-order valence-corrected chi connectivity index (χ3v) is 1.77. The van der Waals surface area contributed by atoms with Gasteiger partial charge in [-0.15, -0.1) is 6.42 Å². The molecule has 0 unspecified atom stereocenters. The fourth-order valence-corrected chi connectivity index (χ4v) is 0.950. The topological polar surface area (TPSA) is 38.9 Å². The molecule has 62 valence electrons. The fourth-order valence-electron chi connectivity index (χ4n) is 0.950. The summed E-state index contributed by atoms with van der Waals surface area (Å²) >= 11 is 0. The third kappa shape index (κ3) is 1.84. The van der Waals surface area contributed by atoms with Crippen molar-refractivity contribution in [3.63, 3.8) is 0 Å². The van der Waals surface area contributed by atoms with Gasteiger partial charge in [-0.3, -0.25) is 4.98 Å². The molecule has 1 atom stereocenters. The molecule has 2 N–H and O–H groups in total. The maximum Gasteiger partial charge on any atom is 0.0583 e. The Labute approximate surface area is 72.8 Å². The lowest BCUT2D eigenvalue weighted by Crippen LogP contribution is -2.10. The van der Waals surface area contributed by atoms with Gasteiger partial charge in [-0.2, -0.15) is 0 Å². The maximum absolute atomic E-state index is 5.79. The maximum atomic E-state index is 5.79. The van der Waals surface area contributed by atoms with E-state index in [1.807, 2.05) is 13.0 Å². The summed E-state index contributed by atoms with van der Waals surface area (Å²) in [5.74, 6) is 2.55. The Bertz CT molecular complexity index is 299. The number of hydrogen-bond acceptors (Lipinski definition) is 2. The number of rotatable bonds is 2. The lowest BCUT2D eigenvalue weighted by molar-refractivity contribution is 0.675. The predicted octanol–water partition coefficient (Wildman–Crippen LogP) is 1.47. The number of hydrogen-bond donors (Lipinski definition) is 1. The van der Waals surface area contributed by atoms with Gasteiger partial charge in [-0.25, -0.2) is 0 Å². The summed E-state index contributed by atoms with van der Waals surface area (Å²) < 4.78 is 0. The van der Waals surface area contributed by atoms with Crippen molar-refractivity contribution in [2.75, 3.05) is 0 Å².